The molecule has 4 nitrogen and oxygen atoms in total. The van der Waals surface area contributed by atoms with Gasteiger partial charge in [-0.3, -0.25) is 5.41 Å². The van der Waals surface area contributed by atoms with Crippen LogP contribution in [0.4, 0.5) is 0 Å². The number of rotatable bonds is 8. The molecule has 1 aliphatic rings. The van der Waals surface area contributed by atoms with Gasteiger partial charge >= 0.3 is 0 Å². The van der Waals surface area contributed by atoms with Crippen molar-refractivity contribution in [3.63, 3.8) is 0 Å². The van der Waals surface area contributed by atoms with Crippen LogP contribution in [0.2, 0.25) is 0 Å². The van der Waals surface area contributed by atoms with Crippen molar-refractivity contribution in [2.24, 2.45) is 11.7 Å². The lowest BCUT2D eigenvalue weighted by Crippen LogP contribution is -2.35. The number of hydrogen-bond donors (Lipinski definition) is 2. The largest absolute Gasteiger partial charge is 0.388 e. The van der Waals surface area contributed by atoms with Gasteiger partial charge in [-0.25, -0.2) is 0 Å². The molecule has 0 heterocycles. The summed E-state index contributed by atoms with van der Waals surface area (Å²) in [6, 6.07) is 0. The Balaban J connectivity index is 2.29. The van der Waals surface area contributed by atoms with E-state index < -0.39 is 0 Å². The van der Waals surface area contributed by atoms with Crippen molar-refractivity contribution in [1.82, 2.24) is 4.90 Å². The van der Waals surface area contributed by atoms with Gasteiger partial charge in [0.05, 0.1) is 12.4 Å². The van der Waals surface area contributed by atoms with E-state index in [9.17, 15) is 0 Å². The van der Waals surface area contributed by atoms with Crippen LogP contribution in [-0.2, 0) is 4.74 Å². The van der Waals surface area contributed by atoms with Gasteiger partial charge in [-0.15, -0.1) is 0 Å². The molecule has 0 aliphatic heterocycles. The fourth-order valence-electron chi connectivity index (χ4n) is 2.53. The molecule has 1 aliphatic carbocycles. The van der Waals surface area contributed by atoms with E-state index in [-0.39, 0.29) is 5.84 Å². The van der Waals surface area contributed by atoms with Gasteiger partial charge < -0.3 is 15.4 Å². The molecule has 1 rings (SSSR count). The Hall–Kier alpha value is -0.610. The molecule has 0 spiro atoms. The van der Waals surface area contributed by atoms with Crippen LogP contribution < -0.4 is 5.73 Å². The Morgan fingerprint density at radius 3 is 2.59 bits per heavy atom. The van der Waals surface area contributed by atoms with E-state index in [2.05, 4.69) is 4.90 Å². The second-order valence-electron chi connectivity index (χ2n) is 5.07. The maximum absolute atomic E-state index is 7.30. The summed E-state index contributed by atoms with van der Waals surface area (Å²) in [6.45, 7) is 3.77. The third-order valence-electron chi connectivity index (χ3n) is 3.55. The lowest BCUT2D eigenvalue weighted by atomic mass is 9.89. The first kappa shape index (κ1) is 14.5. The summed E-state index contributed by atoms with van der Waals surface area (Å²) in [5, 5.41) is 7.30. The Morgan fingerprint density at radius 1 is 1.29 bits per heavy atom. The summed E-state index contributed by atoms with van der Waals surface area (Å²) in [4.78, 5) is 2.40. The molecule has 0 aromatic heterocycles. The first-order chi connectivity index (χ1) is 8.22. The number of nitrogens with zero attached hydrogens (tertiary/aromatic N) is 1. The summed E-state index contributed by atoms with van der Waals surface area (Å²) >= 11 is 0. The smallest absolute Gasteiger partial charge is 0.0918 e. The quantitative estimate of drug-likeness (QED) is 0.503. The van der Waals surface area contributed by atoms with Crippen molar-refractivity contribution in [2.45, 2.75) is 38.5 Å². The monoisotopic (exact) mass is 241 g/mol. The van der Waals surface area contributed by atoms with Crippen molar-refractivity contribution >= 4 is 5.84 Å². The standard InChI is InChI=1S/C13H27N3O/c1-17-10-9-16(8-7-13(14)15)11-12-5-3-2-4-6-12/h12H,2-11H2,1H3,(H3,14,15). The van der Waals surface area contributed by atoms with E-state index in [4.69, 9.17) is 15.9 Å². The highest BCUT2D eigenvalue weighted by molar-refractivity contribution is 5.76. The molecule has 0 aromatic rings. The number of nitrogens with one attached hydrogen (secondary N) is 1. The van der Waals surface area contributed by atoms with Gasteiger partial charge in [0, 0.05) is 33.2 Å². The molecule has 0 amide bonds. The number of amidine groups is 1. The minimum atomic E-state index is 0.288. The van der Waals surface area contributed by atoms with Crippen molar-refractivity contribution in [1.29, 1.82) is 5.41 Å². The van der Waals surface area contributed by atoms with Crippen LogP contribution in [0.5, 0.6) is 0 Å². The summed E-state index contributed by atoms with van der Waals surface area (Å²) in [6.07, 6.45) is 7.58. The van der Waals surface area contributed by atoms with Crippen LogP contribution in [-0.4, -0.2) is 44.1 Å². The molecule has 0 radical (unpaired) electrons. The molecule has 0 aromatic carbocycles. The van der Waals surface area contributed by atoms with E-state index in [0.29, 0.717) is 6.42 Å². The molecule has 4 heteroatoms. The van der Waals surface area contributed by atoms with E-state index in [1.807, 2.05) is 0 Å². The fourth-order valence-corrected chi connectivity index (χ4v) is 2.53. The predicted octanol–water partition coefficient (Wildman–Crippen LogP) is 1.84. The zero-order chi connectivity index (χ0) is 12.5. The van der Waals surface area contributed by atoms with Crippen molar-refractivity contribution in [3.05, 3.63) is 0 Å². The molecule has 0 atom stereocenters. The number of ether oxygens (including phenoxy) is 1. The van der Waals surface area contributed by atoms with Gasteiger partial charge in [-0.05, 0) is 18.8 Å². The Bertz CT molecular complexity index is 215. The van der Waals surface area contributed by atoms with Gasteiger partial charge in [0.25, 0.3) is 0 Å². The van der Waals surface area contributed by atoms with E-state index >= 15 is 0 Å². The van der Waals surface area contributed by atoms with Crippen LogP contribution in [0.1, 0.15) is 38.5 Å². The van der Waals surface area contributed by atoms with Crippen LogP contribution in [0, 0.1) is 11.3 Å². The van der Waals surface area contributed by atoms with E-state index in [1.54, 1.807) is 7.11 Å². The number of nitrogens with two attached hydrogens (primary N) is 1. The third-order valence-corrected chi connectivity index (χ3v) is 3.55. The van der Waals surface area contributed by atoms with Gasteiger partial charge in [0.15, 0.2) is 0 Å². The van der Waals surface area contributed by atoms with Crippen molar-refractivity contribution in [3.8, 4) is 0 Å². The minimum absolute atomic E-state index is 0.288. The maximum atomic E-state index is 7.30. The van der Waals surface area contributed by atoms with Gasteiger partial charge in [0.2, 0.25) is 0 Å². The second kappa shape index (κ2) is 8.48. The average molecular weight is 241 g/mol. The molecule has 0 unspecified atom stereocenters. The topological polar surface area (TPSA) is 62.3 Å². The zero-order valence-corrected chi connectivity index (χ0v) is 11.1. The molecule has 1 fully saturated rings. The van der Waals surface area contributed by atoms with Gasteiger partial charge in [0.1, 0.15) is 0 Å². The molecular formula is C13H27N3O. The van der Waals surface area contributed by atoms with E-state index in [1.165, 1.54) is 32.1 Å². The predicted molar refractivity (Wildman–Crippen MR) is 71.4 cm³/mol. The van der Waals surface area contributed by atoms with E-state index in [0.717, 1.165) is 32.2 Å². The SMILES string of the molecule is COCCN(CCC(=N)N)CC1CCCCC1. The third kappa shape index (κ3) is 6.64. The Kier molecular flexibility index (Phi) is 7.21. The lowest BCUT2D eigenvalue weighted by Gasteiger charge is -2.29. The van der Waals surface area contributed by atoms with Crippen molar-refractivity contribution in [2.75, 3.05) is 33.4 Å². The van der Waals surface area contributed by atoms with Crippen LogP contribution in [0.25, 0.3) is 0 Å². The summed E-state index contributed by atoms with van der Waals surface area (Å²) in [5.74, 6) is 1.13. The highest BCUT2D eigenvalue weighted by atomic mass is 16.5. The normalized spacial score (nSPS) is 17.5. The fraction of sp³-hybridized carbons (Fsp3) is 0.923. The number of hydrogen-bond acceptors (Lipinski definition) is 3. The van der Waals surface area contributed by atoms with Crippen molar-refractivity contribution < 1.29 is 4.74 Å². The zero-order valence-electron chi connectivity index (χ0n) is 11.1. The summed E-state index contributed by atoms with van der Waals surface area (Å²) in [5.41, 5.74) is 5.43. The highest BCUT2D eigenvalue weighted by Crippen LogP contribution is 2.24. The van der Waals surface area contributed by atoms with Crippen LogP contribution in [0.15, 0.2) is 0 Å². The first-order valence-electron chi connectivity index (χ1n) is 6.76. The lowest BCUT2D eigenvalue weighted by molar-refractivity contribution is 0.131. The molecule has 3 N–H and O–H groups in total. The van der Waals surface area contributed by atoms with Crippen LogP contribution in [0.3, 0.4) is 0 Å². The highest BCUT2D eigenvalue weighted by Gasteiger charge is 2.17. The minimum Gasteiger partial charge on any atom is -0.388 e. The van der Waals surface area contributed by atoms with Crippen LogP contribution >= 0.6 is 0 Å². The Labute approximate surface area is 105 Å². The molecular weight excluding hydrogens is 214 g/mol. The second-order valence-corrected chi connectivity index (χ2v) is 5.07. The molecule has 17 heavy (non-hydrogen) atoms. The molecule has 1 saturated carbocycles. The summed E-state index contributed by atoms with van der Waals surface area (Å²) in [7, 11) is 1.74. The first-order valence-corrected chi connectivity index (χ1v) is 6.76. The van der Waals surface area contributed by atoms with Gasteiger partial charge in [-0.1, -0.05) is 19.3 Å². The average Bonchev–Trinajstić information content (AvgIpc) is 2.34. The maximum Gasteiger partial charge on any atom is 0.0918 e. The molecule has 100 valence electrons. The molecule has 0 bridgehead atoms. The number of methoxy groups -OCH3 is 1. The Morgan fingerprint density at radius 2 is 2.00 bits per heavy atom. The van der Waals surface area contributed by atoms with Gasteiger partial charge in [-0.2, -0.15) is 0 Å². The summed E-state index contributed by atoms with van der Waals surface area (Å²) < 4.78 is 5.14. The molecule has 0 saturated heterocycles.